The molecule has 9 nitrogen and oxygen atoms in total. The van der Waals surface area contributed by atoms with Gasteiger partial charge in [-0.3, -0.25) is 0 Å². The molecule has 0 amide bonds. The van der Waals surface area contributed by atoms with E-state index in [4.69, 9.17) is 5.14 Å². The predicted molar refractivity (Wildman–Crippen MR) is 126 cm³/mol. The molecule has 1 saturated heterocycles. The summed E-state index contributed by atoms with van der Waals surface area (Å²) < 4.78 is 41.3. The van der Waals surface area contributed by atoms with Gasteiger partial charge in [0.05, 0.1) is 23.3 Å². The lowest BCUT2D eigenvalue weighted by Gasteiger charge is -2.26. The SMILES string of the molecule is Cc1ncc(-c2nc(N[C@@H]3CC[C@H](C(CN4CCCC4)S(N)(=O)=O)C3)ncc2F)n1C(C)C. The number of primary sulfonamides is 1. The third-order valence-electron chi connectivity index (χ3n) is 6.88. The number of likely N-dealkylation sites (tertiary alicyclic amines) is 1. The van der Waals surface area contributed by atoms with E-state index < -0.39 is 21.1 Å². The number of nitrogens with zero attached hydrogens (tertiary/aromatic N) is 5. The van der Waals surface area contributed by atoms with Crippen LogP contribution in [0.2, 0.25) is 0 Å². The Bertz CT molecular complexity index is 1080. The maximum atomic E-state index is 14.6. The van der Waals surface area contributed by atoms with Crippen molar-refractivity contribution in [3.8, 4) is 11.4 Å². The van der Waals surface area contributed by atoms with Crippen LogP contribution in [0.3, 0.4) is 0 Å². The minimum atomic E-state index is -3.65. The molecular formula is C22H34FN7O2S. The fourth-order valence-electron chi connectivity index (χ4n) is 5.31. The highest BCUT2D eigenvalue weighted by Crippen LogP contribution is 2.34. The fourth-order valence-corrected chi connectivity index (χ4v) is 6.51. The summed E-state index contributed by atoms with van der Waals surface area (Å²) in [5.74, 6) is 0.589. The first kappa shape index (κ1) is 24.0. The monoisotopic (exact) mass is 479 g/mol. The smallest absolute Gasteiger partial charge is 0.223 e. The Kier molecular flexibility index (Phi) is 7.01. The number of rotatable bonds is 8. The van der Waals surface area contributed by atoms with Crippen LogP contribution < -0.4 is 10.5 Å². The molecule has 2 fully saturated rings. The predicted octanol–water partition coefficient (Wildman–Crippen LogP) is 2.70. The minimum Gasteiger partial charge on any atom is -0.351 e. The molecule has 4 rings (SSSR count). The van der Waals surface area contributed by atoms with E-state index in [0.29, 0.717) is 24.6 Å². The van der Waals surface area contributed by atoms with E-state index in [1.165, 1.54) is 6.20 Å². The number of halogens is 1. The van der Waals surface area contributed by atoms with Crippen LogP contribution in [0.15, 0.2) is 12.4 Å². The van der Waals surface area contributed by atoms with Crippen molar-refractivity contribution in [1.29, 1.82) is 0 Å². The molecule has 2 aromatic rings. The zero-order valence-electron chi connectivity index (χ0n) is 19.5. The van der Waals surface area contributed by atoms with Gasteiger partial charge in [0.2, 0.25) is 16.0 Å². The number of aromatic nitrogens is 4. The lowest BCUT2D eigenvalue weighted by Crippen LogP contribution is -2.43. The average Bonchev–Trinajstić information content (AvgIpc) is 3.48. The van der Waals surface area contributed by atoms with Crippen LogP contribution in [0.5, 0.6) is 0 Å². The Labute approximate surface area is 195 Å². The number of aryl methyl sites for hydroxylation is 1. The van der Waals surface area contributed by atoms with Crippen LogP contribution in [0.1, 0.15) is 57.8 Å². The second-order valence-corrected chi connectivity index (χ2v) is 11.4. The van der Waals surface area contributed by atoms with Crippen LogP contribution in [0.25, 0.3) is 11.4 Å². The summed E-state index contributed by atoms with van der Waals surface area (Å²) in [4.78, 5) is 15.1. The van der Waals surface area contributed by atoms with Gasteiger partial charge in [0, 0.05) is 18.6 Å². The van der Waals surface area contributed by atoms with Gasteiger partial charge < -0.3 is 14.8 Å². The number of nitrogens with two attached hydrogens (primary N) is 1. The van der Waals surface area contributed by atoms with Gasteiger partial charge in [-0.05, 0) is 71.9 Å². The van der Waals surface area contributed by atoms with E-state index in [2.05, 4.69) is 25.2 Å². The molecule has 1 aliphatic carbocycles. The van der Waals surface area contributed by atoms with Gasteiger partial charge in [-0.2, -0.15) is 0 Å². The molecule has 1 aliphatic heterocycles. The number of nitrogens with one attached hydrogen (secondary N) is 1. The molecule has 3 heterocycles. The van der Waals surface area contributed by atoms with Crippen molar-refractivity contribution in [3.05, 3.63) is 24.0 Å². The maximum absolute atomic E-state index is 14.6. The van der Waals surface area contributed by atoms with E-state index >= 15 is 0 Å². The lowest BCUT2D eigenvalue weighted by molar-refractivity contribution is 0.303. The number of sulfonamides is 1. The standard InChI is InChI=1S/C22H34FN7O2S/c1-14(2)30-15(3)25-12-19(30)21-18(23)11-26-22(28-21)27-17-7-6-16(10-17)20(33(24,31)32)13-29-8-4-5-9-29/h11-12,14,16-17,20H,4-10,13H2,1-3H3,(H2,24,31,32)(H,26,27,28)/t16-,17+,20?/m0/s1. The number of hydrogen-bond acceptors (Lipinski definition) is 7. The molecule has 33 heavy (non-hydrogen) atoms. The van der Waals surface area contributed by atoms with E-state index in [0.717, 1.165) is 44.6 Å². The summed E-state index contributed by atoms with van der Waals surface area (Å²) in [6.45, 7) is 8.26. The van der Waals surface area contributed by atoms with E-state index in [9.17, 15) is 12.8 Å². The van der Waals surface area contributed by atoms with Crippen molar-refractivity contribution in [2.45, 2.75) is 70.2 Å². The third kappa shape index (κ3) is 5.36. The normalized spacial score (nSPS) is 22.8. The van der Waals surface area contributed by atoms with Gasteiger partial charge in [-0.25, -0.2) is 32.9 Å². The van der Waals surface area contributed by atoms with Crippen LogP contribution in [-0.4, -0.2) is 63.8 Å². The van der Waals surface area contributed by atoms with Crippen LogP contribution in [0, 0.1) is 18.7 Å². The molecule has 3 atom stereocenters. The Morgan fingerprint density at radius 1 is 1.21 bits per heavy atom. The zero-order valence-corrected chi connectivity index (χ0v) is 20.4. The van der Waals surface area contributed by atoms with E-state index in [1.54, 1.807) is 6.20 Å². The molecule has 0 aromatic carbocycles. The fraction of sp³-hybridized carbons (Fsp3) is 0.682. The highest BCUT2D eigenvalue weighted by molar-refractivity contribution is 7.89. The molecule has 2 aliphatic rings. The topological polar surface area (TPSA) is 119 Å². The largest absolute Gasteiger partial charge is 0.351 e. The Morgan fingerprint density at radius 2 is 1.94 bits per heavy atom. The number of imidazole rings is 1. The van der Waals surface area contributed by atoms with Gasteiger partial charge in [-0.1, -0.05) is 0 Å². The first-order valence-corrected chi connectivity index (χ1v) is 13.3. The molecule has 2 aromatic heterocycles. The van der Waals surface area contributed by atoms with E-state index in [1.807, 2.05) is 25.3 Å². The number of anilines is 1. The summed E-state index contributed by atoms with van der Waals surface area (Å²) in [5.41, 5.74) is 0.808. The molecule has 11 heteroatoms. The maximum Gasteiger partial charge on any atom is 0.223 e. The van der Waals surface area contributed by atoms with Crippen LogP contribution >= 0.6 is 0 Å². The van der Waals surface area contributed by atoms with Gasteiger partial charge in [0.15, 0.2) is 5.82 Å². The summed E-state index contributed by atoms with van der Waals surface area (Å²) in [5, 5.41) is 8.35. The van der Waals surface area contributed by atoms with Gasteiger partial charge in [-0.15, -0.1) is 0 Å². The second kappa shape index (κ2) is 9.63. The first-order valence-electron chi connectivity index (χ1n) is 11.7. The quantitative estimate of drug-likeness (QED) is 0.597. The van der Waals surface area contributed by atoms with Crippen molar-refractivity contribution in [1.82, 2.24) is 24.4 Å². The molecule has 3 N–H and O–H groups in total. The molecule has 1 unspecified atom stereocenters. The highest BCUT2D eigenvalue weighted by atomic mass is 32.2. The zero-order chi connectivity index (χ0) is 23.8. The van der Waals surface area contributed by atoms with Crippen molar-refractivity contribution in [3.63, 3.8) is 0 Å². The van der Waals surface area contributed by atoms with Gasteiger partial charge in [0.1, 0.15) is 11.5 Å². The molecule has 0 bridgehead atoms. The number of hydrogen-bond donors (Lipinski definition) is 2. The van der Waals surface area contributed by atoms with Crippen molar-refractivity contribution < 1.29 is 12.8 Å². The van der Waals surface area contributed by atoms with Crippen LogP contribution in [-0.2, 0) is 10.0 Å². The molecular weight excluding hydrogens is 445 g/mol. The first-order chi connectivity index (χ1) is 15.6. The van der Waals surface area contributed by atoms with Gasteiger partial charge >= 0.3 is 0 Å². The van der Waals surface area contributed by atoms with Gasteiger partial charge in [0.25, 0.3) is 0 Å². The van der Waals surface area contributed by atoms with Crippen molar-refractivity contribution >= 4 is 16.0 Å². The summed E-state index contributed by atoms with van der Waals surface area (Å²) in [6, 6.07) is 0.113. The highest BCUT2D eigenvalue weighted by Gasteiger charge is 2.38. The third-order valence-corrected chi connectivity index (χ3v) is 8.25. The summed E-state index contributed by atoms with van der Waals surface area (Å²) in [7, 11) is -3.65. The van der Waals surface area contributed by atoms with E-state index in [-0.39, 0.29) is 23.7 Å². The molecule has 0 spiro atoms. The lowest BCUT2D eigenvalue weighted by atomic mass is 10.0. The minimum absolute atomic E-state index is 0.00730. The Balaban J connectivity index is 1.48. The molecule has 1 saturated carbocycles. The molecule has 182 valence electrons. The average molecular weight is 480 g/mol. The Hall–Kier alpha value is -2.11. The Morgan fingerprint density at radius 3 is 2.61 bits per heavy atom. The summed E-state index contributed by atoms with van der Waals surface area (Å²) in [6.07, 6.45) is 7.22. The second-order valence-electron chi connectivity index (χ2n) is 9.59. The summed E-state index contributed by atoms with van der Waals surface area (Å²) >= 11 is 0. The van der Waals surface area contributed by atoms with Crippen molar-refractivity contribution in [2.75, 3.05) is 25.0 Å². The van der Waals surface area contributed by atoms with Crippen molar-refractivity contribution in [2.24, 2.45) is 11.1 Å². The molecule has 0 radical (unpaired) electrons. The van der Waals surface area contributed by atoms with Crippen LogP contribution in [0.4, 0.5) is 10.3 Å².